The van der Waals surface area contributed by atoms with E-state index in [-0.39, 0.29) is 11.6 Å². The number of nitrogens with zero attached hydrogens (tertiary/aromatic N) is 1. The van der Waals surface area contributed by atoms with Crippen molar-refractivity contribution in [2.75, 3.05) is 5.32 Å². The van der Waals surface area contributed by atoms with Crippen molar-refractivity contribution in [1.29, 1.82) is 0 Å². The molecule has 0 spiro atoms. The van der Waals surface area contributed by atoms with Gasteiger partial charge in [-0.25, -0.2) is 4.68 Å². The lowest BCUT2D eigenvalue weighted by atomic mass is 10.0. The largest absolute Gasteiger partial charge is 0.368 e. The topological polar surface area (TPSA) is 49.8 Å². The minimum atomic E-state index is 0.134. The van der Waals surface area contributed by atoms with E-state index in [0.717, 1.165) is 24.2 Å². The van der Waals surface area contributed by atoms with Gasteiger partial charge in [-0.2, -0.15) is 0 Å². The minimum absolute atomic E-state index is 0.134. The van der Waals surface area contributed by atoms with Gasteiger partial charge in [0.1, 0.15) is 5.82 Å². The molecule has 78 valence electrons. The summed E-state index contributed by atoms with van der Waals surface area (Å²) in [6, 6.07) is 0.659. The molecule has 4 nitrogen and oxygen atoms in total. The highest BCUT2D eigenvalue weighted by molar-refractivity contribution is 5.46. The maximum absolute atomic E-state index is 11.9. The summed E-state index contributed by atoms with van der Waals surface area (Å²) in [5, 5.41) is 6.42. The van der Waals surface area contributed by atoms with Crippen LogP contribution in [-0.2, 0) is 6.42 Å². The number of H-pyrrole nitrogens is 1. The van der Waals surface area contributed by atoms with Crippen LogP contribution in [0.15, 0.2) is 4.79 Å². The van der Waals surface area contributed by atoms with Gasteiger partial charge in [0.05, 0.1) is 5.56 Å². The number of aromatic amines is 1. The van der Waals surface area contributed by atoms with Crippen LogP contribution in [0.1, 0.15) is 38.8 Å². The van der Waals surface area contributed by atoms with Crippen molar-refractivity contribution in [2.45, 2.75) is 45.7 Å². The normalized spacial score (nSPS) is 20.7. The van der Waals surface area contributed by atoms with Crippen LogP contribution in [0.3, 0.4) is 0 Å². The Morgan fingerprint density at radius 1 is 1.50 bits per heavy atom. The van der Waals surface area contributed by atoms with Gasteiger partial charge in [0, 0.05) is 12.1 Å². The maximum Gasteiger partial charge on any atom is 0.272 e. The lowest BCUT2D eigenvalue weighted by Gasteiger charge is -2.19. The quantitative estimate of drug-likeness (QED) is 0.713. The molecule has 4 heteroatoms. The molecule has 1 aliphatic heterocycles. The SMILES string of the molecule is CC(C)n1[nH]c2c(c1=O)CC[C@@H](C)N2. The molecule has 0 amide bonds. The van der Waals surface area contributed by atoms with Gasteiger partial charge in [0.15, 0.2) is 0 Å². The molecule has 0 unspecified atom stereocenters. The molecule has 0 bridgehead atoms. The van der Waals surface area contributed by atoms with Crippen LogP contribution >= 0.6 is 0 Å². The zero-order valence-corrected chi connectivity index (χ0v) is 8.92. The maximum atomic E-state index is 11.9. The molecular formula is C10H17N3O. The van der Waals surface area contributed by atoms with Gasteiger partial charge in [0.2, 0.25) is 0 Å². The molecule has 1 aromatic heterocycles. The number of rotatable bonds is 1. The Morgan fingerprint density at radius 2 is 2.21 bits per heavy atom. The molecule has 14 heavy (non-hydrogen) atoms. The molecule has 1 aliphatic rings. The van der Waals surface area contributed by atoms with Gasteiger partial charge in [-0.3, -0.25) is 9.89 Å². The average molecular weight is 195 g/mol. The fourth-order valence-corrected chi connectivity index (χ4v) is 1.89. The molecule has 0 aromatic carbocycles. The summed E-state index contributed by atoms with van der Waals surface area (Å²) in [5.74, 6) is 0.919. The molecule has 0 radical (unpaired) electrons. The van der Waals surface area contributed by atoms with Gasteiger partial charge in [-0.1, -0.05) is 0 Å². The lowest BCUT2D eigenvalue weighted by Crippen LogP contribution is -2.25. The Morgan fingerprint density at radius 3 is 2.86 bits per heavy atom. The smallest absolute Gasteiger partial charge is 0.272 e. The number of hydrogen-bond donors (Lipinski definition) is 2. The molecule has 2 N–H and O–H groups in total. The highest BCUT2D eigenvalue weighted by Gasteiger charge is 2.21. The van der Waals surface area contributed by atoms with Crippen molar-refractivity contribution in [3.8, 4) is 0 Å². The van der Waals surface area contributed by atoms with E-state index in [0.29, 0.717) is 6.04 Å². The van der Waals surface area contributed by atoms with Crippen LogP contribution in [-0.4, -0.2) is 15.8 Å². The summed E-state index contributed by atoms with van der Waals surface area (Å²) in [6.07, 6.45) is 1.93. The number of fused-ring (bicyclic) bond motifs is 1. The summed E-state index contributed by atoms with van der Waals surface area (Å²) in [5.41, 5.74) is 1.05. The summed E-state index contributed by atoms with van der Waals surface area (Å²) < 4.78 is 1.69. The Labute approximate surface area is 83.3 Å². The molecule has 0 saturated carbocycles. The third-order valence-corrected chi connectivity index (χ3v) is 2.75. The minimum Gasteiger partial charge on any atom is -0.368 e. The lowest BCUT2D eigenvalue weighted by molar-refractivity contribution is 0.517. The van der Waals surface area contributed by atoms with E-state index >= 15 is 0 Å². The molecular weight excluding hydrogens is 178 g/mol. The Bertz CT molecular complexity index is 389. The standard InChI is InChI=1S/C10H17N3O/c1-6(2)13-10(14)8-5-4-7(3)11-9(8)12-13/h6-7,11-12H,4-5H2,1-3H3/t7-/m1/s1. The highest BCUT2D eigenvalue weighted by atomic mass is 16.1. The molecule has 0 aliphatic carbocycles. The molecule has 0 saturated heterocycles. The molecule has 1 atom stereocenters. The van der Waals surface area contributed by atoms with Gasteiger partial charge in [0.25, 0.3) is 5.56 Å². The molecule has 1 aromatic rings. The second-order valence-electron chi connectivity index (χ2n) is 4.32. The number of anilines is 1. The summed E-state index contributed by atoms with van der Waals surface area (Å²) >= 11 is 0. The van der Waals surface area contributed by atoms with E-state index in [2.05, 4.69) is 17.3 Å². The zero-order valence-electron chi connectivity index (χ0n) is 8.92. The van der Waals surface area contributed by atoms with E-state index in [1.165, 1.54) is 0 Å². The second kappa shape index (κ2) is 3.19. The molecule has 0 fully saturated rings. The Kier molecular flexibility index (Phi) is 2.13. The van der Waals surface area contributed by atoms with Crippen LogP contribution in [0.5, 0.6) is 0 Å². The van der Waals surface area contributed by atoms with Gasteiger partial charge in [-0.05, 0) is 33.6 Å². The number of aromatic nitrogens is 2. The van der Waals surface area contributed by atoms with Crippen molar-refractivity contribution in [1.82, 2.24) is 9.78 Å². The van der Waals surface area contributed by atoms with Crippen molar-refractivity contribution in [3.05, 3.63) is 15.9 Å². The summed E-state index contributed by atoms with van der Waals surface area (Å²) in [7, 11) is 0. The first-order valence-corrected chi connectivity index (χ1v) is 5.19. The van der Waals surface area contributed by atoms with Crippen LogP contribution in [0, 0.1) is 0 Å². The van der Waals surface area contributed by atoms with Crippen LogP contribution in [0.25, 0.3) is 0 Å². The monoisotopic (exact) mass is 195 g/mol. The second-order valence-corrected chi connectivity index (χ2v) is 4.32. The van der Waals surface area contributed by atoms with Crippen molar-refractivity contribution >= 4 is 5.82 Å². The third kappa shape index (κ3) is 1.35. The van der Waals surface area contributed by atoms with Crippen molar-refractivity contribution in [3.63, 3.8) is 0 Å². The van der Waals surface area contributed by atoms with E-state index in [1.807, 2.05) is 13.8 Å². The zero-order chi connectivity index (χ0) is 10.3. The predicted molar refractivity (Wildman–Crippen MR) is 56.8 cm³/mol. The predicted octanol–water partition coefficient (Wildman–Crippen LogP) is 1.50. The van der Waals surface area contributed by atoms with Crippen LogP contribution in [0.4, 0.5) is 5.82 Å². The van der Waals surface area contributed by atoms with Crippen molar-refractivity contribution < 1.29 is 0 Å². The van der Waals surface area contributed by atoms with Gasteiger partial charge < -0.3 is 5.32 Å². The Balaban J connectivity index is 2.46. The number of nitrogens with one attached hydrogen (secondary N) is 2. The van der Waals surface area contributed by atoms with E-state index < -0.39 is 0 Å². The average Bonchev–Trinajstić information content (AvgIpc) is 2.43. The first-order valence-electron chi connectivity index (χ1n) is 5.19. The van der Waals surface area contributed by atoms with E-state index in [1.54, 1.807) is 4.68 Å². The van der Waals surface area contributed by atoms with Crippen LogP contribution in [0.2, 0.25) is 0 Å². The van der Waals surface area contributed by atoms with Gasteiger partial charge >= 0.3 is 0 Å². The van der Waals surface area contributed by atoms with Gasteiger partial charge in [-0.15, -0.1) is 0 Å². The summed E-state index contributed by atoms with van der Waals surface area (Å²) in [4.78, 5) is 11.9. The molecule has 2 rings (SSSR count). The van der Waals surface area contributed by atoms with E-state index in [9.17, 15) is 4.79 Å². The van der Waals surface area contributed by atoms with Crippen LogP contribution < -0.4 is 10.9 Å². The molecule has 2 heterocycles. The van der Waals surface area contributed by atoms with Crippen molar-refractivity contribution in [2.24, 2.45) is 0 Å². The number of hydrogen-bond acceptors (Lipinski definition) is 2. The highest BCUT2D eigenvalue weighted by Crippen LogP contribution is 2.20. The summed E-state index contributed by atoms with van der Waals surface area (Å²) in [6.45, 7) is 6.15. The fourth-order valence-electron chi connectivity index (χ4n) is 1.89. The fraction of sp³-hybridized carbons (Fsp3) is 0.700. The van der Waals surface area contributed by atoms with E-state index in [4.69, 9.17) is 0 Å². The Hall–Kier alpha value is -1.19. The third-order valence-electron chi connectivity index (χ3n) is 2.75. The first kappa shape index (κ1) is 9.37. The first-order chi connectivity index (χ1) is 6.59.